The summed E-state index contributed by atoms with van der Waals surface area (Å²) in [6, 6.07) is 4.66. The minimum atomic E-state index is -4.67. The topological polar surface area (TPSA) is 60.3 Å². The highest BCUT2D eigenvalue weighted by molar-refractivity contribution is 5.98. The Balaban J connectivity index is 2.67. The van der Waals surface area contributed by atoms with Gasteiger partial charge in [-0.25, -0.2) is 0 Å². The predicted octanol–water partition coefficient (Wildman–Crippen LogP) is 2.81. The first-order valence-corrected chi connectivity index (χ1v) is 5.58. The molecule has 0 radical (unpaired) electrons. The zero-order chi connectivity index (χ0) is 15.2. The first-order valence-electron chi connectivity index (χ1n) is 5.58. The van der Waals surface area contributed by atoms with E-state index >= 15 is 0 Å². The van der Waals surface area contributed by atoms with E-state index < -0.39 is 13.0 Å². The van der Waals surface area contributed by atoms with Crippen LogP contribution in [0.15, 0.2) is 23.4 Å². The van der Waals surface area contributed by atoms with E-state index in [4.69, 9.17) is 14.7 Å². The van der Waals surface area contributed by atoms with Crippen LogP contribution >= 0.6 is 0 Å². The van der Waals surface area contributed by atoms with Crippen LogP contribution in [0.5, 0.6) is 11.5 Å². The second-order valence-electron chi connectivity index (χ2n) is 3.69. The smallest absolute Gasteiger partial charge is 0.493 e. The number of ether oxygens (including phenoxy) is 3. The monoisotopic (exact) mass is 293 g/mol. The van der Waals surface area contributed by atoms with Gasteiger partial charge in [-0.2, -0.15) is 0 Å². The van der Waals surface area contributed by atoms with E-state index in [1.165, 1.54) is 13.2 Å². The molecule has 1 aromatic rings. The minimum Gasteiger partial charge on any atom is -0.493 e. The number of halogens is 3. The maximum atomic E-state index is 11.8. The molecule has 0 aliphatic carbocycles. The van der Waals surface area contributed by atoms with Gasteiger partial charge in [0.2, 0.25) is 0 Å². The van der Waals surface area contributed by atoms with Crippen molar-refractivity contribution < 1.29 is 32.6 Å². The summed E-state index contributed by atoms with van der Waals surface area (Å²) in [5.74, 6) is 0.588. The van der Waals surface area contributed by atoms with E-state index in [-0.39, 0.29) is 12.4 Å². The Hall–Kier alpha value is -1.96. The summed E-state index contributed by atoms with van der Waals surface area (Å²) in [5.41, 5.74) is 0.971. The number of oxime groups is 1. The van der Waals surface area contributed by atoms with Crippen LogP contribution in [0.4, 0.5) is 13.2 Å². The van der Waals surface area contributed by atoms with Crippen molar-refractivity contribution in [2.45, 2.75) is 13.3 Å². The lowest BCUT2D eigenvalue weighted by atomic mass is 10.1. The third kappa shape index (κ3) is 4.96. The van der Waals surface area contributed by atoms with Crippen LogP contribution < -0.4 is 9.47 Å². The molecule has 112 valence electrons. The van der Waals surface area contributed by atoms with Crippen LogP contribution in [0.1, 0.15) is 12.5 Å². The Kier molecular flexibility index (Phi) is 5.63. The normalized spacial score (nSPS) is 12.3. The first kappa shape index (κ1) is 16.1. The van der Waals surface area contributed by atoms with Crippen molar-refractivity contribution in [3.63, 3.8) is 0 Å². The number of hydrogen-bond donors (Lipinski definition) is 1. The van der Waals surface area contributed by atoms with E-state index in [0.29, 0.717) is 17.0 Å². The second kappa shape index (κ2) is 6.99. The van der Waals surface area contributed by atoms with Gasteiger partial charge in [0.15, 0.2) is 11.5 Å². The van der Waals surface area contributed by atoms with Gasteiger partial charge in [0, 0.05) is 5.56 Å². The number of nitrogens with zero attached hydrogens (tertiary/aromatic N) is 1. The highest BCUT2D eigenvalue weighted by Crippen LogP contribution is 2.28. The summed E-state index contributed by atoms with van der Waals surface area (Å²) in [4.78, 5) is 0. The molecular weight excluding hydrogens is 279 g/mol. The number of methoxy groups -OCH3 is 1. The molecule has 0 fully saturated rings. The van der Waals surface area contributed by atoms with Crippen LogP contribution in [0.2, 0.25) is 0 Å². The highest BCUT2D eigenvalue weighted by atomic mass is 19.4. The molecule has 0 amide bonds. The van der Waals surface area contributed by atoms with Crippen molar-refractivity contribution in [3.8, 4) is 11.5 Å². The van der Waals surface area contributed by atoms with Crippen LogP contribution in [0.3, 0.4) is 0 Å². The minimum absolute atomic E-state index is 0.271. The molecule has 1 aromatic carbocycles. The van der Waals surface area contributed by atoms with E-state index in [0.717, 1.165) is 0 Å². The molecule has 0 saturated heterocycles. The Labute approximate surface area is 113 Å². The van der Waals surface area contributed by atoms with E-state index in [1.54, 1.807) is 19.1 Å². The summed E-state index contributed by atoms with van der Waals surface area (Å²) in [6.45, 7) is 0.695. The number of rotatable bonds is 6. The Morgan fingerprint density at radius 2 is 1.95 bits per heavy atom. The summed E-state index contributed by atoms with van der Waals surface area (Å²) < 4.78 is 49.1. The molecule has 1 N–H and O–H groups in total. The van der Waals surface area contributed by atoms with Crippen molar-refractivity contribution in [2.75, 3.05) is 20.3 Å². The summed E-state index contributed by atoms with van der Waals surface area (Å²) in [5, 5.41) is 11.7. The molecule has 0 aliphatic rings. The van der Waals surface area contributed by atoms with E-state index in [9.17, 15) is 13.2 Å². The maximum Gasteiger partial charge on any atom is 0.522 e. The second-order valence-corrected chi connectivity index (χ2v) is 3.69. The van der Waals surface area contributed by atoms with Crippen molar-refractivity contribution in [1.82, 2.24) is 0 Å². The van der Waals surface area contributed by atoms with Crippen molar-refractivity contribution in [3.05, 3.63) is 23.8 Å². The van der Waals surface area contributed by atoms with Gasteiger partial charge in [-0.15, -0.1) is 13.2 Å². The van der Waals surface area contributed by atoms with E-state index in [1.807, 2.05) is 0 Å². The van der Waals surface area contributed by atoms with Crippen molar-refractivity contribution >= 4 is 5.71 Å². The fraction of sp³-hybridized carbons (Fsp3) is 0.417. The fourth-order valence-corrected chi connectivity index (χ4v) is 1.38. The van der Waals surface area contributed by atoms with Gasteiger partial charge in [0.25, 0.3) is 0 Å². The van der Waals surface area contributed by atoms with Crippen LogP contribution in [0.25, 0.3) is 0 Å². The number of hydrogen-bond acceptors (Lipinski definition) is 5. The van der Waals surface area contributed by atoms with Crippen LogP contribution in [0, 0.1) is 0 Å². The lowest BCUT2D eigenvalue weighted by Gasteiger charge is -2.12. The van der Waals surface area contributed by atoms with Crippen LogP contribution in [-0.2, 0) is 4.74 Å². The third-order valence-corrected chi connectivity index (χ3v) is 2.34. The molecule has 0 heterocycles. The average Bonchev–Trinajstić information content (AvgIpc) is 2.41. The molecule has 8 heteroatoms. The van der Waals surface area contributed by atoms with Gasteiger partial charge in [-0.3, -0.25) is 4.74 Å². The Morgan fingerprint density at radius 3 is 2.50 bits per heavy atom. The maximum absolute atomic E-state index is 11.8. The van der Waals surface area contributed by atoms with Gasteiger partial charge in [-0.05, 0) is 25.1 Å². The molecule has 20 heavy (non-hydrogen) atoms. The Bertz CT molecular complexity index is 474. The first-order chi connectivity index (χ1) is 9.37. The third-order valence-electron chi connectivity index (χ3n) is 2.34. The standard InChI is InChI=1S/C12H14F3NO4/c1-8(16-17)9-3-4-10(11(7-9)18-2)19-5-6-20-12(13,14)15/h3-4,7,17H,5-6H2,1-2H3. The molecule has 5 nitrogen and oxygen atoms in total. The molecular formula is C12H14F3NO4. The summed E-state index contributed by atoms with van der Waals surface area (Å²) in [6.07, 6.45) is -4.67. The number of benzene rings is 1. The van der Waals surface area contributed by atoms with Gasteiger partial charge in [0.05, 0.1) is 19.4 Å². The fourth-order valence-electron chi connectivity index (χ4n) is 1.38. The SMILES string of the molecule is COc1cc(C(C)=NO)ccc1OCCOC(F)(F)F. The van der Waals surface area contributed by atoms with Gasteiger partial charge in [0.1, 0.15) is 6.61 Å². The largest absolute Gasteiger partial charge is 0.522 e. The quantitative estimate of drug-likeness (QED) is 0.379. The summed E-state index contributed by atoms with van der Waals surface area (Å²) in [7, 11) is 1.39. The van der Waals surface area contributed by atoms with Crippen LogP contribution in [-0.4, -0.2) is 37.6 Å². The molecule has 0 unspecified atom stereocenters. The zero-order valence-corrected chi connectivity index (χ0v) is 10.9. The number of alkyl halides is 3. The molecule has 0 aromatic heterocycles. The highest BCUT2D eigenvalue weighted by Gasteiger charge is 2.28. The average molecular weight is 293 g/mol. The lowest BCUT2D eigenvalue weighted by Crippen LogP contribution is -2.18. The molecule has 0 spiro atoms. The molecule has 0 saturated carbocycles. The molecule has 0 bridgehead atoms. The van der Waals surface area contributed by atoms with Crippen molar-refractivity contribution in [2.24, 2.45) is 5.16 Å². The predicted molar refractivity (Wildman–Crippen MR) is 64.5 cm³/mol. The van der Waals surface area contributed by atoms with Gasteiger partial charge < -0.3 is 14.7 Å². The van der Waals surface area contributed by atoms with E-state index in [2.05, 4.69) is 9.89 Å². The molecule has 0 atom stereocenters. The lowest BCUT2D eigenvalue weighted by molar-refractivity contribution is -0.325. The summed E-state index contributed by atoms with van der Waals surface area (Å²) >= 11 is 0. The molecule has 1 rings (SSSR count). The zero-order valence-electron chi connectivity index (χ0n) is 10.9. The van der Waals surface area contributed by atoms with Gasteiger partial charge in [-0.1, -0.05) is 5.16 Å². The Morgan fingerprint density at radius 1 is 1.25 bits per heavy atom. The van der Waals surface area contributed by atoms with Gasteiger partial charge >= 0.3 is 6.36 Å². The van der Waals surface area contributed by atoms with Crippen molar-refractivity contribution in [1.29, 1.82) is 0 Å². The molecule has 0 aliphatic heterocycles.